The van der Waals surface area contributed by atoms with Crippen LogP contribution in [-0.4, -0.2) is 52.1 Å². The predicted octanol–water partition coefficient (Wildman–Crippen LogP) is 5.63. The molecule has 10 heteroatoms. The van der Waals surface area contributed by atoms with E-state index in [0.717, 1.165) is 46.0 Å². The van der Waals surface area contributed by atoms with E-state index in [1.807, 2.05) is 75.4 Å². The molecular weight excluding hydrogens is 550 g/mol. The molecular formula is C32H33N5O4S. The summed E-state index contributed by atoms with van der Waals surface area (Å²) in [5.74, 6) is 1.22. The van der Waals surface area contributed by atoms with E-state index in [4.69, 9.17) is 4.74 Å². The van der Waals surface area contributed by atoms with E-state index in [9.17, 15) is 14.4 Å². The van der Waals surface area contributed by atoms with Crippen molar-refractivity contribution in [3.8, 4) is 11.5 Å². The quantitative estimate of drug-likeness (QED) is 0.365. The molecule has 1 fully saturated rings. The van der Waals surface area contributed by atoms with Crippen LogP contribution in [0.25, 0.3) is 0 Å². The number of aromatic nitrogens is 1. The average Bonchev–Trinajstić information content (AvgIpc) is 3.34. The molecule has 2 aromatic carbocycles. The molecule has 0 aliphatic carbocycles. The number of para-hydroxylation sites is 1. The first-order valence-corrected chi connectivity index (χ1v) is 15.0. The number of nitrogens with zero attached hydrogens (tertiary/aromatic N) is 3. The highest BCUT2D eigenvalue weighted by molar-refractivity contribution is 8.01. The van der Waals surface area contributed by atoms with Gasteiger partial charge in [-0.2, -0.15) is 0 Å². The first kappa shape index (κ1) is 27.8. The fourth-order valence-electron chi connectivity index (χ4n) is 5.75. The number of carbonyl (C=O) groups is 3. The molecule has 9 nitrogen and oxygen atoms in total. The summed E-state index contributed by atoms with van der Waals surface area (Å²) in [5.41, 5.74) is 4.10. The van der Waals surface area contributed by atoms with Gasteiger partial charge in [0.05, 0.1) is 17.4 Å². The number of allylic oxidation sites excluding steroid dienone is 1. The molecule has 3 aliphatic heterocycles. The van der Waals surface area contributed by atoms with Crippen LogP contribution in [0.4, 0.5) is 16.2 Å². The molecule has 2 N–H and O–H groups in total. The fourth-order valence-corrected chi connectivity index (χ4v) is 6.98. The number of anilines is 2. The number of ether oxygens (including phenoxy) is 1. The summed E-state index contributed by atoms with van der Waals surface area (Å²) in [7, 11) is 0. The molecule has 42 heavy (non-hydrogen) atoms. The van der Waals surface area contributed by atoms with Crippen LogP contribution in [0.3, 0.4) is 0 Å². The summed E-state index contributed by atoms with van der Waals surface area (Å²) in [6.45, 7) is 6.88. The molecule has 6 rings (SSSR count). The van der Waals surface area contributed by atoms with E-state index in [2.05, 4.69) is 15.6 Å². The number of rotatable bonds is 6. The molecule has 0 spiro atoms. The van der Waals surface area contributed by atoms with Crippen LogP contribution in [0.15, 0.2) is 77.5 Å². The number of carbonyl (C=O) groups excluding carboxylic acids is 3. The topological polar surface area (TPSA) is 104 Å². The lowest BCUT2D eigenvalue weighted by molar-refractivity contribution is -0.129. The Balaban J connectivity index is 1.20. The summed E-state index contributed by atoms with van der Waals surface area (Å²) in [6, 6.07) is 16.0. The number of pyridine rings is 1. The number of benzene rings is 2. The van der Waals surface area contributed by atoms with Crippen molar-refractivity contribution in [2.45, 2.75) is 56.0 Å². The summed E-state index contributed by atoms with van der Waals surface area (Å²) < 4.78 is 5.98. The number of aryl methyl sites for hydroxylation is 1. The minimum Gasteiger partial charge on any atom is -0.457 e. The third-order valence-electron chi connectivity index (χ3n) is 7.64. The van der Waals surface area contributed by atoms with Gasteiger partial charge < -0.3 is 20.3 Å². The largest absolute Gasteiger partial charge is 0.457 e. The van der Waals surface area contributed by atoms with E-state index >= 15 is 0 Å². The molecule has 0 bridgehead atoms. The maximum absolute atomic E-state index is 13.6. The maximum Gasteiger partial charge on any atom is 0.327 e. The summed E-state index contributed by atoms with van der Waals surface area (Å²) in [6.07, 6.45) is 4.93. The lowest BCUT2D eigenvalue weighted by Crippen LogP contribution is -2.53. The minimum atomic E-state index is -0.564. The zero-order valence-electron chi connectivity index (χ0n) is 23.8. The normalized spacial score (nSPS) is 20.8. The first-order chi connectivity index (χ1) is 20.3. The Morgan fingerprint density at radius 3 is 2.67 bits per heavy atom. The Hall–Kier alpha value is -4.31. The van der Waals surface area contributed by atoms with E-state index in [1.54, 1.807) is 22.1 Å². The van der Waals surface area contributed by atoms with E-state index in [0.29, 0.717) is 24.5 Å². The fraction of sp³-hybridized carbons (Fsp3) is 0.312. The number of nitrogens with one attached hydrogen (secondary N) is 2. The standard InChI is InChI=1S/C32H33N5O4S/c1-19(2)16-26(38)36-15-7-8-21(18-36)34-30(39)29-28-27-25(13-14-33-31(27)42-29)37(32(40)35-28)24-12-11-23(17-20(24)3)41-22-9-5-4-6-10-22/h4-6,9-14,16-17,21,28-29H,7-8,15,18H2,1-3H3,(H,34,39)(H,35,40)/t21?,28?,29-/m1/s1. The van der Waals surface area contributed by atoms with Gasteiger partial charge in [0.2, 0.25) is 11.8 Å². The van der Waals surface area contributed by atoms with Gasteiger partial charge in [0.1, 0.15) is 21.8 Å². The second kappa shape index (κ2) is 11.5. The van der Waals surface area contributed by atoms with E-state index in [-0.39, 0.29) is 23.9 Å². The van der Waals surface area contributed by atoms with Crippen molar-refractivity contribution in [3.05, 3.63) is 83.6 Å². The highest BCUT2D eigenvalue weighted by Gasteiger charge is 2.47. The molecule has 4 heterocycles. The SMILES string of the molecule is CC(C)=CC(=O)N1CCCC(NC(=O)[C@@H]2Sc3nccc4c3C2NC(=O)N4c2ccc(Oc3ccccc3)cc2C)C1. The molecule has 1 saturated heterocycles. The molecule has 0 radical (unpaired) electrons. The number of amides is 4. The minimum absolute atomic E-state index is 0.0278. The predicted molar refractivity (Wildman–Crippen MR) is 162 cm³/mol. The number of urea groups is 1. The highest BCUT2D eigenvalue weighted by Crippen LogP contribution is 2.51. The van der Waals surface area contributed by atoms with Gasteiger partial charge in [-0.15, -0.1) is 0 Å². The van der Waals surface area contributed by atoms with Crippen LogP contribution in [0, 0.1) is 6.92 Å². The lowest BCUT2D eigenvalue weighted by Gasteiger charge is -2.36. The van der Waals surface area contributed by atoms with Crippen LogP contribution in [0.2, 0.25) is 0 Å². The zero-order chi connectivity index (χ0) is 29.4. The number of thioether (sulfide) groups is 1. The van der Waals surface area contributed by atoms with Crippen LogP contribution >= 0.6 is 11.8 Å². The van der Waals surface area contributed by atoms with Gasteiger partial charge in [-0.05, 0) is 75.6 Å². The third-order valence-corrected chi connectivity index (χ3v) is 8.93. The summed E-state index contributed by atoms with van der Waals surface area (Å²) in [4.78, 5) is 47.8. The van der Waals surface area contributed by atoms with Gasteiger partial charge in [0.25, 0.3) is 0 Å². The molecule has 3 aromatic rings. The van der Waals surface area contributed by atoms with Crippen molar-refractivity contribution in [3.63, 3.8) is 0 Å². The smallest absolute Gasteiger partial charge is 0.327 e. The molecule has 2 unspecified atom stereocenters. The Labute approximate surface area is 249 Å². The van der Waals surface area contributed by atoms with Gasteiger partial charge in [0.15, 0.2) is 0 Å². The van der Waals surface area contributed by atoms with Gasteiger partial charge >= 0.3 is 6.03 Å². The zero-order valence-corrected chi connectivity index (χ0v) is 24.6. The van der Waals surface area contributed by atoms with Crippen LogP contribution in [0.1, 0.15) is 43.9 Å². The van der Waals surface area contributed by atoms with Gasteiger partial charge in [-0.3, -0.25) is 14.5 Å². The lowest BCUT2D eigenvalue weighted by atomic mass is 9.98. The van der Waals surface area contributed by atoms with Crippen LogP contribution in [0.5, 0.6) is 11.5 Å². The van der Waals surface area contributed by atoms with Crippen molar-refractivity contribution in [2.24, 2.45) is 0 Å². The number of hydrogen-bond donors (Lipinski definition) is 2. The number of hydrogen-bond acceptors (Lipinski definition) is 6. The van der Waals surface area contributed by atoms with Gasteiger partial charge in [-0.1, -0.05) is 35.5 Å². The van der Waals surface area contributed by atoms with Crippen molar-refractivity contribution in [2.75, 3.05) is 18.0 Å². The molecule has 216 valence electrons. The highest BCUT2D eigenvalue weighted by atomic mass is 32.2. The van der Waals surface area contributed by atoms with Crippen LogP contribution < -0.4 is 20.3 Å². The van der Waals surface area contributed by atoms with Gasteiger partial charge in [-0.25, -0.2) is 9.78 Å². The van der Waals surface area contributed by atoms with Gasteiger partial charge in [0, 0.05) is 37.0 Å². The van der Waals surface area contributed by atoms with Crippen molar-refractivity contribution in [1.29, 1.82) is 0 Å². The van der Waals surface area contributed by atoms with Crippen molar-refractivity contribution in [1.82, 2.24) is 20.5 Å². The number of likely N-dealkylation sites (tertiary alicyclic amines) is 1. The Morgan fingerprint density at radius 2 is 1.90 bits per heavy atom. The van der Waals surface area contributed by atoms with Crippen molar-refractivity contribution >= 4 is 41.0 Å². The molecule has 3 aliphatic rings. The first-order valence-electron chi connectivity index (χ1n) is 14.1. The summed E-state index contributed by atoms with van der Waals surface area (Å²) >= 11 is 1.37. The molecule has 4 amide bonds. The second-order valence-corrected chi connectivity index (χ2v) is 12.2. The summed E-state index contributed by atoms with van der Waals surface area (Å²) in [5, 5.41) is 6.40. The Bertz CT molecular complexity index is 1570. The van der Waals surface area contributed by atoms with Crippen molar-refractivity contribution < 1.29 is 19.1 Å². The maximum atomic E-state index is 13.6. The van der Waals surface area contributed by atoms with E-state index < -0.39 is 11.3 Å². The van der Waals surface area contributed by atoms with Crippen LogP contribution in [-0.2, 0) is 9.59 Å². The Kier molecular flexibility index (Phi) is 7.64. The number of piperidine rings is 1. The molecule has 3 atom stereocenters. The third kappa shape index (κ3) is 5.46. The van der Waals surface area contributed by atoms with E-state index in [1.165, 1.54) is 11.8 Å². The Morgan fingerprint density at radius 1 is 1.10 bits per heavy atom. The second-order valence-electron chi connectivity index (χ2n) is 11.1. The molecule has 1 aromatic heterocycles. The average molecular weight is 584 g/mol. The molecule has 0 saturated carbocycles. The monoisotopic (exact) mass is 583 g/mol.